The molecule has 0 saturated carbocycles. The summed E-state index contributed by atoms with van der Waals surface area (Å²) >= 11 is 0. The summed E-state index contributed by atoms with van der Waals surface area (Å²) in [5, 5.41) is 3.28. The van der Waals surface area contributed by atoms with Crippen molar-refractivity contribution in [1.29, 1.82) is 0 Å². The first-order valence-electron chi connectivity index (χ1n) is 6.59. The van der Waals surface area contributed by atoms with Gasteiger partial charge in [0, 0.05) is 12.6 Å². The number of sulfonamides is 1. The Morgan fingerprint density at radius 1 is 1.20 bits per heavy atom. The van der Waals surface area contributed by atoms with Gasteiger partial charge in [-0.05, 0) is 31.5 Å². The zero-order chi connectivity index (χ0) is 15.1. The summed E-state index contributed by atoms with van der Waals surface area (Å²) in [5.41, 5.74) is 1.45. The fourth-order valence-electron chi connectivity index (χ4n) is 1.98. The molecular weight excluding hydrogens is 276 g/mol. The van der Waals surface area contributed by atoms with Crippen molar-refractivity contribution < 1.29 is 13.2 Å². The molecule has 0 spiro atoms. The zero-order valence-corrected chi connectivity index (χ0v) is 13.0. The molecule has 0 aromatic heterocycles. The molecule has 1 N–H and O–H groups in total. The largest absolute Gasteiger partial charge is 0.310 e. The van der Waals surface area contributed by atoms with Crippen LogP contribution in [0.2, 0.25) is 0 Å². The average molecular weight is 296 g/mol. The summed E-state index contributed by atoms with van der Waals surface area (Å²) in [4.78, 5) is 11.9. The first kappa shape index (κ1) is 15.0. The molecule has 20 heavy (non-hydrogen) atoms. The van der Waals surface area contributed by atoms with Gasteiger partial charge in [0.25, 0.3) is 15.9 Å². The van der Waals surface area contributed by atoms with Gasteiger partial charge >= 0.3 is 0 Å². The summed E-state index contributed by atoms with van der Waals surface area (Å²) in [6.45, 7) is 7.69. The lowest BCUT2D eigenvalue weighted by atomic mass is 10.1. The number of hydrogen-bond donors (Lipinski definition) is 1. The van der Waals surface area contributed by atoms with Crippen LogP contribution < -0.4 is 9.62 Å². The zero-order valence-electron chi connectivity index (χ0n) is 12.2. The van der Waals surface area contributed by atoms with Crippen molar-refractivity contribution in [3.05, 3.63) is 29.8 Å². The van der Waals surface area contributed by atoms with Crippen molar-refractivity contribution in [1.82, 2.24) is 5.32 Å². The standard InChI is InChI=1S/C14H20N2O3S/c1-10(2)15-9-11-5-7-12(8-6-11)16-13(17)14(3,4)20(16,18)19/h5-8,10,15H,9H2,1-4H3. The Morgan fingerprint density at radius 2 is 1.75 bits per heavy atom. The molecule has 1 fully saturated rings. The van der Waals surface area contributed by atoms with E-state index in [4.69, 9.17) is 0 Å². The molecule has 2 rings (SSSR count). The monoisotopic (exact) mass is 296 g/mol. The van der Waals surface area contributed by atoms with E-state index in [1.54, 1.807) is 12.1 Å². The van der Waals surface area contributed by atoms with E-state index in [-0.39, 0.29) is 5.91 Å². The van der Waals surface area contributed by atoms with E-state index in [0.717, 1.165) is 9.87 Å². The Morgan fingerprint density at radius 3 is 2.20 bits per heavy atom. The lowest BCUT2D eigenvalue weighted by molar-refractivity contribution is -0.120. The van der Waals surface area contributed by atoms with Crippen LogP contribution in [0, 0.1) is 0 Å². The van der Waals surface area contributed by atoms with Gasteiger partial charge in [0.2, 0.25) is 0 Å². The van der Waals surface area contributed by atoms with Gasteiger partial charge in [0.1, 0.15) is 0 Å². The predicted octanol–water partition coefficient (Wildman–Crippen LogP) is 1.64. The normalized spacial score (nSPS) is 20.1. The number of carbonyl (C=O) groups is 1. The minimum Gasteiger partial charge on any atom is -0.310 e. The average Bonchev–Trinajstić information content (AvgIpc) is 2.37. The van der Waals surface area contributed by atoms with Crippen LogP contribution in [0.3, 0.4) is 0 Å². The Labute approximate surface area is 120 Å². The molecule has 0 atom stereocenters. The van der Waals surface area contributed by atoms with Crippen molar-refractivity contribution in [3.63, 3.8) is 0 Å². The molecular formula is C14H20N2O3S. The second-order valence-corrected chi connectivity index (χ2v) is 8.12. The molecule has 1 aromatic carbocycles. The van der Waals surface area contributed by atoms with E-state index < -0.39 is 14.8 Å². The molecule has 1 saturated heterocycles. The highest BCUT2D eigenvalue weighted by molar-refractivity contribution is 7.98. The molecule has 0 unspecified atom stereocenters. The van der Waals surface area contributed by atoms with Gasteiger partial charge in [0.05, 0.1) is 5.69 Å². The fourth-order valence-corrected chi connectivity index (χ4v) is 3.46. The van der Waals surface area contributed by atoms with E-state index in [2.05, 4.69) is 19.2 Å². The first-order valence-corrected chi connectivity index (χ1v) is 8.03. The third kappa shape index (κ3) is 2.23. The van der Waals surface area contributed by atoms with Gasteiger partial charge in [0.15, 0.2) is 4.75 Å². The van der Waals surface area contributed by atoms with Crippen molar-refractivity contribution in [3.8, 4) is 0 Å². The summed E-state index contributed by atoms with van der Waals surface area (Å²) in [5.74, 6) is -0.384. The molecule has 1 heterocycles. The molecule has 1 aromatic rings. The smallest absolute Gasteiger partial charge is 0.263 e. The number of nitrogens with one attached hydrogen (secondary N) is 1. The van der Waals surface area contributed by atoms with Crippen molar-refractivity contribution >= 4 is 21.6 Å². The van der Waals surface area contributed by atoms with Crippen LogP contribution in [-0.2, 0) is 21.4 Å². The number of hydrogen-bond acceptors (Lipinski definition) is 4. The van der Waals surface area contributed by atoms with Crippen molar-refractivity contribution in [2.24, 2.45) is 0 Å². The highest BCUT2D eigenvalue weighted by Gasteiger charge is 2.60. The van der Waals surface area contributed by atoms with Crippen LogP contribution in [0.25, 0.3) is 0 Å². The number of nitrogens with zero attached hydrogens (tertiary/aromatic N) is 1. The Hall–Kier alpha value is -1.40. The van der Waals surface area contributed by atoms with Crippen LogP contribution in [0.4, 0.5) is 5.69 Å². The molecule has 6 heteroatoms. The summed E-state index contributed by atoms with van der Waals surface area (Å²) in [6.07, 6.45) is 0. The summed E-state index contributed by atoms with van der Waals surface area (Å²) < 4.78 is 23.7. The molecule has 0 radical (unpaired) electrons. The van der Waals surface area contributed by atoms with Gasteiger partial charge in [-0.15, -0.1) is 0 Å². The fraction of sp³-hybridized carbons (Fsp3) is 0.500. The van der Waals surface area contributed by atoms with E-state index in [0.29, 0.717) is 18.3 Å². The topological polar surface area (TPSA) is 66.5 Å². The minimum absolute atomic E-state index is 0.382. The van der Waals surface area contributed by atoms with E-state index in [9.17, 15) is 13.2 Å². The maximum atomic E-state index is 12.1. The lowest BCUT2D eigenvalue weighted by Crippen LogP contribution is -2.67. The number of amides is 1. The highest BCUT2D eigenvalue weighted by Crippen LogP contribution is 2.38. The van der Waals surface area contributed by atoms with Crippen molar-refractivity contribution in [2.75, 3.05) is 4.31 Å². The lowest BCUT2D eigenvalue weighted by Gasteiger charge is -2.42. The van der Waals surface area contributed by atoms with Crippen LogP contribution >= 0.6 is 0 Å². The van der Waals surface area contributed by atoms with Gasteiger partial charge in [-0.25, -0.2) is 12.7 Å². The maximum absolute atomic E-state index is 12.1. The van der Waals surface area contributed by atoms with Crippen LogP contribution in [0.1, 0.15) is 33.3 Å². The molecule has 0 bridgehead atoms. The SMILES string of the molecule is CC(C)NCc1ccc(N2C(=O)C(C)(C)S2(=O)=O)cc1. The van der Waals surface area contributed by atoms with Crippen LogP contribution in [-0.4, -0.2) is 25.1 Å². The molecule has 1 amide bonds. The third-order valence-corrected chi connectivity index (χ3v) is 5.79. The van der Waals surface area contributed by atoms with Gasteiger partial charge in [-0.1, -0.05) is 26.0 Å². The van der Waals surface area contributed by atoms with E-state index >= 15 is 0 Å². The maximum Gasteiger partial charge on any atom is 0.263 e. The quantitative estimate of drug-likeness (QED) is 0.917. The molecule has 110 valence electrons. The molecule has 1 aliphatic rings. The number of rotatable bonds is 4. The second-order valence-electron chi connectivity index (χ2n) is 5.79. The summed E-state index contributed by atoms with van der Waals surface area (Å²) in [7, 11) is -3.57. The van der Waals surface area contributed by atoms with E-state index in [1.165, 1.54) is 13.8 Å². The second kappa shape index (κ2) is 4.86. The van der Waals surface area contributed by atoms with E-state index in [1.807, 2.05) is 12.1 Å². The number of benzene rings is 1. The Bertz CT molecular complexity index is 618. The van der Waals surface area contributed by atoms with Gasteiger partial charge in [-0.2, -0.15) is 0 Å². The van der Waals surface area contributed by atoms with Gasteiger partial charge < -0.3 is 5.32 Å². The predicted molar refractivity (Wildman–Crippen MR) is 78.9 cm³/mol. The van der Waals surface area contributed by atoms with Crippen molar-refractivity contribution in [2.45, 2.75) is 45.0 Å². The minimum atomic E-state index is -3.57. The highest BCUT2D eigenvalue weighted by atomic mass is 32.2. The Balaban J connectivity index is 2.18. The van der Waals surface area contributed by atoms with Crippen LogP contribution in [0.5, 0.6) is 0 Å². The van der Waals surface area contributed by atoms with Gasteiger partial charge in [-0.3, -0.25) is 4.79 Å². The third-order valence-electron chi connectivity index (χ3n) is 3.47. The Kier molecular flexibility index (Phi) is 3.64. The number of carbonyl (C=O) groups excluding carboxylic acids is 1. The summed E-state index contributed by atoms with van der Waals surface area (Å²) in [6, 6.07) is 7.38. The molecule has 5 nitrogen and oxygen atoms in total. The first-order chi connectivity index (χ1) is 9.18. The molecule has 0 aliphatic carbocycles. The number of anilines is 1. The van der Waals surface area contributed by atoms with Crippen LogP contribution in [0.15, 0.2) is 24.3 Å². The molecule has 1 aliphatic heterocycles.